The minimum Gasteiger partial charge on any atom is -0.495 e. The van der Waals surface area contributed by atoms with Crippen molar-refractivity contribution in [1.29, 1.82) is 0 Å². The van der Waals surface area contributed by atoms with Crippen molar-refractivity contribution in [2.24, 2.45) is 0 Å². The number of ether oxygens (including phenoxy) is 1. The van der Waals surface area contributed by atoms with Gasteiger partial charge in [-0.25, -0.2) is 13.1 Å². The molecule has 7 heteroatoms. The van der Waals surface area contributed by atoms with Crippen LogP contribution in [-0.4, -0.2) is 59.7 Å². The van der Waals surface area contributed by atoms with E-state index in [1.54, 1.807) is 13.2 Å². The molecule has 1 aliphatic heterocycles. The molecule has 3 rings (SSSR count). The Bertz CT molecular complexity index is 907. The van der Waals surface area contributed by atoms with Crippen LogP contribution in [-0.2, 0) is 10.0 Å². The van der Waals surface area contributed by atoms with Crippen LogP contribution in [0.15, 0.2) is 47.4 Å². The Hall–Kier alpha value is -2.09. The van der Waals surface area contributed by atoms with E-state index in [0.717, 1.165) is 48.7 Å². The molecule has 2 aromatic carbocycles. The summed E-state index contributed by atoms with van der Waals surface area (Å²) < 4.78 is 33.3. The molecular weight excluding hydrogens is 374 g/mol. The summed E-state index contributed by atoms with van der Waals surface area (Å²) in [5, 5.41) is 0. The molecule has 0 aliphatic carbocycles. The first-order chi connectivity index (χ1) is 13.4. The molecule has 0 saturated carbocycles. The topological polar surface area (TPSA) is 61.9 Å². The van der Waals surface area contributed by atoms with Gasteiger partial charge in [0.2, 0.25) is 10.0 Å². The molecule has 6 nitrogen and oxygen atoms in total. The second-order valence-electron chi connectivity index (χ2n) is 7.17. The molecule has 0 aromatic heterocycles. The number of hydrogen-bond acceptors (Lipinski definition) is 5. The molecule has 0 radical (unpaired) electrons. The Labute approximate surface area is 168 Å². The summed E-state index contributed by atoms with van der Waals surface area (Å²) in [7, 11) is -1.78. The van der Waals surface area contributed by atoms with Crippen LogP contribution in [0.5, 0.6) is 5.75 Å². The lowest BCUT2D eigenvalue weighted by Gasteiger charge is -2.36. The van der Waals surface area contributed by atoms with Gasteiger partial charge in [-0.05, 0) is 37.6 Å². The van der Waals surface area contributed by atoms with Crippen molar-refractivity contribution in [3.05, 3.63) is 53.6 Å². The number of hydrogen-bond donors (Lipinski definition) is 1. The van der Waals surface area contributed by atoms with E-state index < -0.39 is 10.0 Å². The second kappa shape index (κ2) is 8.94. The average molecular weight is 404 g/mol. The van der Waals surface area contributed by atoms with E-state index in [1.165, 1.54) is 0 Å². The van der Waals surface area contributed by atoms with Crippen molar-refractivity contribution < 1.29 is 13.2 Å². The number of nitrogens with zero attached hydrogens (tertiary/aromatic N) is 2. The minimum absolute atomic E-state index is 0.360. The van der Waals surface area contributed by atoms with Crippen molar-refractivity contribution in [3.63, 3.8) is 0 Å². The van der Waals surface area contributed by atoms with E-state index in [2.05, 4.69) is 20.6 Å². The zero-order chi connectivity index (χ0) is 20.1. The maximum absolute atomic E-state index is 12.6. The van der Waals surface area contributed by atoms with Crippen molar-refractivity contribution in [2.75, 3.05) is 51.3 Å². The number of benzene rings is 2. The standard InChI is InChI=1S/C21H29N3O3S/c1-17-8-9-21(18(2)16-17)28(25,26)22-10-11-23-12-14-24(15-13-23)19-6-4-5-7-20(19)27-3/h4-9,16,22H,10-15H2,1-3H3. The SMILES string of the molecule is COc1ccccc1N1CCN(CCNS(=O)(=O)c2ccc(C)cc2C)CC1. The van der Waals surface area contributed by atoms with Gasteiger partial charge in [-0.15, -0.1) is 0 Å². The predicted molar refractivity (Wildman–Crippen MR) is 113 cm³/mol. The Balaban J connectivity index is 1.50. The number of methoxy groups -OCH3 is 1. The van der Waals surface area contributed by atoms with E-state index in [1.807, 2.05) is 44.2 Å². The van der Waals surface area contributed by atoms with E-state index >= 15 is 0 Å². The molecule has 1 heterocycles. The average Bonchev–Trinajstić information content (AvgIpc) is 2.68. The number of aryl methyl sites for hydroxylation is 2. The van der Waals surface area contributed by atoms with Crippen molar-refractivity contribution >= 4 is 15.7 Å². The molecule has 1 N–H and O–H groups in total. The molecular formula is C21H29N3O3S. The molecule has 2 aromatic rings. The van der Waals surface area contributed by atoms with Gasteiger partial charge in [0.15, 0.2) is 0 Å². The maximum atomic E-state index is 12.6. The van der Waals surface area contributed by atoms with Crippen LogP contribution in [0.4, 0.5) is 5.69 Å². The summed E-state index contributed by atoms with van der Waals surface area (Å²) in [5.41, 5.74) is 2.95. The first-order valence-corrected chi connectivity index (χ1v) is 11.1. The van der Waals surface area contributed by atoms with E-state index in [0.29, 0.717) is 18.0 Å². The molecule has 1 saturated heterocycles. The summed E-state index contributed by atoms with van der Waals surface area (Å²) >= 11 is 0. The quantitative estimate of drug-likeness (QED) is 0.769. The lowest BCUT2D eigenvalue weighted by molar-refractivity contribution is 0.261. The zero-order valence-corrected chi connectivity index (χ0v) is 17.6. The first kappa shape index (κ1) is 20.6. The smallest absolute Gasteiger partial charge is 0.240 e. The van der Waals surface area contributed by atoms with Gasteiger partial charge in [-0.1, -0.05) is 29.8 Å². The molecule has 28 heavy (non-hydrogen) atoms. The number of nitrogens with one attached hydrogen (secondary N) is 1. The largest absolute Gasteiger partial charge is 0.495 e. The Morgan fingerprint density at radius 3 is 2.43 bits per heavy atom. The summed E-state index contributed by atoms with van der Waals surface area (Å²) in [4.78, 5) is 4.96. The van der Waals surface area contributed by atoms with Crippen LogP contribution >= 0.6 is 0 Å². The first-order valence-electron chi connectivity index (χ1n) is 9.58. The molecule has 0 unspecified atom stereocenters. The fraction of sp³-hybridized carbons (Fsp3) is 0.429. The highest BCUT2D eigenvalue weighted by Crippen LogP contribution is 2.28. The van der Waals surface area contributed by atoms with Gasteiger partial charge in [0.25, 0.3) is 0 Å². The van der Waals surface area contributed by atoms with Gasteiger partial charge in [0.05, 0.1) is 17.7 Å². The van der Waals surface area contributed by atoms with Crippen LogP contribution in [0.1, 0.15) is 11.1 Å². The lowest BCUT2D eigenvalue weighted by Crippen LogP contribution is -2.48. The summed E-state index contributed by atoms with van der Waals surface area (Å²) in [5.74, 6) is 0.886. The molecule has 1 fully saturated rings. The van der Waals surface area contributed by atoms with Crippen molar-refractivity contribution in [1.82, 2.24) is 9.62 Å². The number of sulfonamides is 1. The van der Waals surface area contributed by atoms with Crippen LogP contribution in [0.25, 0.3) is 0 Å². The number of piperazine rings is 1. The zero-order valence-electron chi connectivity index (χ0n) is 16.8. The van der Waals surface area contributed by atoms with Crippen LogP contribution in [0.2, 0.25) is 0 Å². The molecule has 0 spiro atoms. The number of rotatable bonds is 7. The van der Waals surface area contributed by atoms with Crippen LogP contribution in [0.3, 0.4) is 0 Å². The van der Waals surface area contributed by atoms with E-state index in [-0.39, 0.29) is 0 Å². The normalized spacial score (nSPS) is 15.6. The van der Waals surface area contributed by atoms with E-state index in [9.17, 15) is 8.42 Å². The highest BCUT2D eigenvalue weighted by molar-refractivity contribution is 7.89. The summed E-state index contributed by atoms with van der Waals surface area (Å²) in [6.45, 7) is 8.47. The van der Waals surface area contributed by atoms with Crippen LogP contribution in [0, 0.1) is 13.8 Å². The third-order valence-corrected chi connectivity index (χ3v) is 6.76. The molecule has 152 valence electrons. The maximum Gasteiger partial charge on any atom is 0.240 e. The summed E-state index contributed by atoms with van der Waals surface area (Å²) in [6.07, 6.45) is 0. The lowest BCUT2D eigenvalue weighted by atomic mass is 10.2. The highest BCUT2D eigenvalue weighted by atomic mass is 32.2. The predicted octanol–water partition coefficient (Wildman–Crippen LogP) is 2.41. The van der Waals surface area contributed by atoms with Gasteiger partial charge in [-0.3, -0.25) is 4.90 Å². The van der Waals surface area contributed by atoms with E-state index in [4.69, 9.17) is 4.74 Å². The third kappa shape index (κ3) is 4.84. The number of para-hydroxylation sites is 2. The van der Waals surface area contributed by atoms with Crippen molar-refractivity contribution in [3.8, 4) is 5.75 Å². The fourth-order valence-electron chi connectivity index (χ4n) is 3.62. The fourth-order valence-corrected chi connectivity index (χ4v) is 4.87. The van der Waals surface area contributed by atoms with Gasteiger partial charge in [0, 0.05) is 39.3 Å². The second-order valence-corrected chi connectivity index (χ2v) is 8.90. The van der Waals surface area contributed by atoms with Gasteiger partial charge in [0.1, 0.15) is 5.75 Å². The van der Waals surface area contributed by atoms with Crippen LogP contribution < -0.4 is 14.4 Å². The van der Waals surface area contributed by atoms with Crippen molar-refractivity contribution in [2.45, 2.75) is 18.7 Å². The minimum atomic E-state index is -3.47. The molecule has 0 atom stereocenters. The van der Waals surface area contributed by atoms with Gasteiger partial charge < -0.3 is 9.64 Å². The number of anilines is 1. The summed E-state index contributed by atoms with van der Waals surface area (Å²) in [6, 6.07) is 13.5. The Kier molecular flexibility index (Phi) is 6.59. The highest BCUT2D eigenvalue weighted by Gasteiger charge is 2.21. The molecule has 0 bridgehead atoms. The van der Waals surface area contributed by atoms with Gasteiger partial charge >= 0.3 is 0 Å². The third-order valence-electron chi connectivity index (χ3n) is 5.14. The monoisotopic (exact) mass is 403 g/mol. The molecule has 0 amide bonds. The van der Waals surface area contributed by atoms with Gasteiger partial charge in [-0.2, -0.15) is 0 Å². The Morgan fingerprint density at radius 2 is 1.75 bits per heavy atom. The molecule has 1 aliphatic rings. The Morgan fingerprint density at radius 1 is 1.04 bits per heavy atom.